The highest BCUT2D eigenvalue weighted by Gasteiger charge is 2.21. The van der Waals surface area contributed by atoms with Crippen molar-refractivity contribution in [3.8, 4) is 0 Å². The van der Waals surface area contributed by atoms with Crippen LogP contribution in [0, 0.1) is 0 Å². The molecule has 5 heteroatoms. The van der Waals surface area contributed by atoms with Crippen LogP contribution in [0.4, 0.5) is 5.13 Å². The number of thiophene rings is 1. The Labute approximate surface area is 115 Å². The van der Waals surface area contributed by atoms with Gasteiger partial charge in [-0.2, -0.15) is 4.37 Å². The lowest BCUT2D eigenvalue weighted by molar-refractivity contribution is 0.608. The highest BCUT2D eigenvalue weighted by atomic mass is 32.1. The quantitative estimate of drug-likeness (QED) is 0.917. The summed E-state index contributed by atoms with van der Waals surface area (Å²) in [5, 5.41) is 6.73. The highest BCUT2D eigenvalue weighted by molar-refractivity contribution is 7.10. The number of aromatic nitrogens is 2. The van der Waals surface area contributed by atoms with Crippen LogP contribution in [0.25, 0.3) is 0 Å². The number of hydrogen-bond donors (Lipinski definition) is 1. The summed E-state index contributed by atoms with van der Waals surface area (Å²) >= 11 is 3.37. The van der Waals surface area contributed by atoms with Crippen LogP contribution in [-0.2, 0) is 12.8 Å². The first-order valence-corrected chi connectivity index (χ1v) is 8.17. The minimum absolute atomic E-state index is 0.433. The molecule has 2 aromatic rings. The number of anilines is 1. The summed E-state index contributed by atoms with van der Waals surface area (Å²) in [6.07, 6.45) is 5.79. The molecular weight excluding hydrogens is 262 g/mol. The average molecular weight is 279 g/mol. The van der Waals surface area contributed by atoms with Crippen LogP contribution in [0.1, 0.15) is 48.5 Å². The Morgan fingerprint density at radius 2 is 2.44 bits per heavy atom. The molecule has 1 atom stereocenters. The minimum Gasteiger partial charge on any atom is -0.353 e. The van der Waals surface area contributed by atoms with E-state index in [1.54, 1.807) is 0 Å². The summed E-state index contributed by atoms with van der Waals surface area (Å²) in [7, 11) is 0. The molecule has 1 unspecified atom stereocenters. The van der Waals surface area contributed by atoms with E-state index < -0.39 is 0 Å². The topological polar surface area (TPSA) is 37.8 Å². The molecule has 96 valence electrons. The van der Waals surface area contributed by atoms with Crippen molar-refractivity contribution in [2.24, 2.45) is 0 Å². The van der Waals surface area contributed by atoms with Crippen LogP contribution in [-0.4, -0.2) is 9.36 Å². The van der Waals surface area contributed by atoms with Gasteiger partial charge in [0.05, 0.1) is 6.04 Å². The van der Waals surface area contributed by atoms with Gasteiger partial charge in [-0.3, -0.25) is 0 Å². The number of nitrogens with one attached hydrogen (secondary N) is 1. The molecule has 2 aromatic heterocycles. The third-order valence-electron chi connectivity index (χ3n) is 3.29. The van der Waals surface area contributed by atoms with Crippen LogP contribution in [0.2, 0.25) is 0 Å². The molecule has 0 aliphatic heterocycles. The highest BCUT2D eigenvalue weighted by Crippen LogP contribution is 2.35. The minimum atomic E-state index is 0.433. The second-order valence-corrected chi connectivity index (χ2v) is 6.41. The normalized spacial score (nSPS) is 18.6. The lowest BCUT2D eigenvalue weighted by Gasteiger charge is -2.23. The maximum absolute atomic E-state index is 4.55. The van der Waals surface area contributed by atoms with E-state index in [1.807, 2.05) is 11.3 Å². The van der Waals surface area contributed by atoms with Crippen molar-refractivity contribution in [3.63, 3.8) is 0 Å². The van der Waals surface area contributed by atoms with E-state index in [2.05, 4.69) is 33.0 Å². The maximum atomic E-state index is 4.55. The summed E-state index contributed by atoms with van der Waals surface area (Å²) < 4.78 is 4.39. The van der Waals surface area contributed by atoms with E-state index in [4.69, 9.17) is 0 Å². The van der Waals surface area contributed by atoms with Gasteiger partial charge < -0.3 is 5.32 Å². The second kappa shape index (κ2) is 5.36. The third kappa shape index (κ3) is 2.42. The van der Waals surface area contributed by atoms with E-state index in [0.29, 0.717) is 6.04 Å². The van der Waals surface area contributed by atoms with Crippen LogP contribution in [0.3, 0.4) is 0 Å². The molecule has 1 aliphatic rings. The lowest BCUT2D eigenvalue weighted by Crippen LogP contribution is -2.15. The van der Waals surface area contributed by atoms with Crippen molar-refractivity contribution < 1.29 is 0 Å². The van der Waals surface area contributed by atoms with Crippen molar-refractivity contribution in [1.82, 2.24) is 9.36 Å². The predicted octanol–water partition coefficient (Wildman–Crippen LogP) is 4.04. The molecule has 18 heavy (non-hydrogen) atoms. The Hall–Kier alpha value is -0.940. The standard InChI is InChI=1S/C13H17N3S2/c1-2-4-12-15-13(18-16-12)14-10-5-3-6-11-9(10)7-8-17-11/h7-8,10H,2-6H2,1H3,(H,14,15,16). The summed E-state index contributed by atoms with van der Waals surface area (Å²) in [5.41, 5.74) is 1.47. The van der Waals surface area contributed by atoms with E-state index >= 15 is 0 Å². The van der Waals surface area contributed by atoms with Gasteiger partial charge in [-0.15, -0.1) is 11.3 Å². The average Bonchev–Trinajstić information content (AvgIpc) is 2.99. The Morgan fingerprint density at radius 1 is 1.50 bits per heavy atom. The van der Waals surface area contributed by atoms with Crippen molar-refractivity contribution in [3.05, 3.63) is 27.7 Å². The van der Waals surface area contributed by atoms with Gasteiger partial charge in [0, 0.05) is 22.8 Å². The molecule has 1 N–H and O–H groups in total. The molecule has 3 nitrogen and oxygen atoms in total. The van der Waals surface area contributed by atoms with Crippen molar-refractivity contribution in [2.45, 2.75) is 45.1 Å². The maximum Gasteiger partial charge on any atom is 0.203 e. The third-order valence-corrected chi connectivity index (χ3v) is 4.97. The number of rotatable bonds is 4. The Balaban J connectivity index is 1.73. The summed E-state index contributed by atoms with van der Waals surface area (Å²) in [4.78, 5) is 6.09. The van der Waals surface area contributed by atoms with Crippen LogP contribution in [0.15, 0.2) is 11.4 Å². The molecule has 0 bridgehead atoms. The van der Waals surface area contributed by atoms with E-state index in [-0.39, 0.29) is 0 Å². The number of aryl methyl sites for hydroxylation is 2. The monoisotopic (exact) mass is 279 g/mol. The molecule has 0 aromatic carbocycles. The number of hydrogen-bond acceptors (Lipinski definition) is 5. The molecule has 0 fully saturated rings. The molecule has 1 aliphatic carbocycles. The zero-order valence-electron chi connectivity index (χ0n) is 10.5. The second-order valence-electron chi connectivity index (χ2n) is 4.65. The zero-order chi connectivity index (χ0) is 12.4. The summed E-state index contributed by atoms with van der Waals surface area (Å²) in [6, 6.07) is 2.69. The Kier molecular flexibility index (Phi) is 3.61. The van der Waals surface area contributed by atoms with Gasteiger partial charge in [-0.25, -0.2) is 4.98 Å². The first-order chi connectivity index (χ1) is 8.86. The lowest BCUT2D eigenvalue weighted by atomic mass is 9.94. The van der Waals surface area contributed by atoms with Crippen LogP contribution in [0.5, 0.6) is 0 Å². The van der Waals surface area contributed by atoms with E-state index in [9.17, 15) is 0 Å². The summed E-state index contributed by atoms with van der Waals surface area (Å²) in [5.74, 6) is 0.978. The van der Waals surface area contributed by atoms with Crippen LogP contribution >= 0.6 is 22.9 Å². The van der Waals surface area contributed by atoms with Crippen molar-refractivity contribution >= 4 is 28.0 Å². The van der Waals surface area contributed by atoms with Gasteiger partial charge in [-0.05, 0) is 42.7 Å². The van der Waals surface area contributed by atoms with Crippen molar-refractivity contribution in [1.29, 1.82) is 0 Å². The van der Waals surface area contributed by atoms with Gasteiger partial charge in [-0.1, -0.05) is 6.92 Å². The molecule has 2 heterocycles. The van der Waals surface area contributed by atoms with Gasteiger partial charge in [0.25, 0.3) is 0 Å². The number of nitrogens with zero attached hydrogens (tertiary/aromatic N) is 2. The Morgan fingerprint density at radius 3 is 3.33 bits per heavy atom. The van der Waals surface area contributed by atoms with Gasteiger partial charge in [0.1, 0.15) is 5.82 Å². The first kappa shape index (κ1) is 12.1. The van der Waals surface area contributed by atoms with Gasteiger partial charge >= 0.3 is 0 Å². The predicted molar refractivity (Wildman–Crippen MR) is 77.5 cm³/mol. The molecule has 0 spiro atoms. The van der Waals surface area contributed by atoms with Crippen molar-refractivity contribution in [2.75, 3.05) is 5.32 Å². The molecule has 3 rings (SSSR count). The smallest absolute Gasteiger partial charge is 0.203 e. The molecular formula is C13H17N3S2. The fourth-order valence-corrected chi connectivity index (χ4v) is 4.08. The SMILES string of the molecule is CCCc1nsc(NC2CCCc3sccc32)n1. The fourth-order valence-electron chi connectivity index (χ4n) is 2.42. The van der Waals surface area contributed by atoms with Crippen LogP contribution < -0.4 is 5.32 Å². The number of fused-ring (bicyclic) bond motifs is 1. The molecule has 0 saturated heterocycles. The molecule has 0 radical (unpaired) electrons. The van der Waals surface area contributed by atoms with Gasteiger partial charge in [0.2, 0.25) is 5.13 Å². The molecule has 0 saturated carbocycles. The fraction of sp³-hybridized carbons (Fsp3) is 0.538. The first-order valence-electron chi connectivity index (χ1n) is 6.52. The largest absolute Gasteiger partial charge is 0.353 e. The van der Waals surface area contributed by atoms with Gasteiger partial charge in [0.15, 0.2) is 0 Å². The summed E-state index contributed by atoms with van der Waals surface area (Å²) in [6.45, 7) is 2.16. The molecule has 0 amide bonds. The Bertz CT molecular complexity index is 518. The zero-order valence-corrected chi connectivity index (χ0v) is 12.1. The van der Waals surface area contributed by atoms with E-state index in [1.165, 1.54) is 41.2 Å². The van der Waals surface area contributed by atoms with E-state index in [0.717, 1.165) is 23.8 Å².